The van der Waals surface area contributed by atoms with Crippen LogP contribution in [0.15, 0.2) is 36.4 Å². The van der Waals surface area contributed by atoms with Gasteiger partial charge in [-0.15, -0.1) is 0 Å². The van der Waals surface area contributed by atoms with Crippen molar-refractivity contribution in [3.8, 4) is 0 Å². The number of carbonyl (C=O) groups is 3. The van der Waals surface area contributed by atoms with Gasteiger partial charge in [0.05, 0.1) is 11.8 Å². The number of benzene rings is 1. The van der Waals surface area contributed by atoms with Gasteiger partial charge in [-0.1, -0.05) is 12.2 Å². The fraction of sp³-hybridized carbons (Fsp3) is 0.312. The molecule has 1 aliphatic rings. The van der Waals surface area contributed by atoms with Crippen molar-refractivity contribution in [2.24, 2.45) is 11.8 Å². The van der Waals surface area contributed by atoms with Gasteiger partial charge in [0.1, 0.15) is 0 Å². The number of allylic oxidation sites excluding steroid dienone is 2. The number of anilines is 2. The average molecular weight is 302 g/mol. The van der Waals surface area contributed by atoms with Gasteiger partial charge in [-0.25, -0.2) is 0 Å². The molecule has 1 aliphatic carbocycles. The molecule has 2 amide bonds. The molecule has 0 saturated carbocycles. The maximum Gasteiger partial charge on any atom is 0.307 e. The predicted molar refractivity (Wildman–Crippen MR) is 82.4 cm³/mol. The maximum atomic E-state index is 12.3. The Bertz CT molecular complexity index is 607. The highest BCUT2D eigenvalue weighted by atomic mass is 16.4. The van der Waals surface area contributed by atoms with Crippen molar-refractivity contribution in [3.05, 3.63) is 36.4 Å². The van der Waals surface area contributed by atoms with Crippen LogP contribution >= 0.6 is 0 Å². The molecule has 2 atom stereocenters. The van der Waals surface area contributed by atoms with Crippen LogP contribution in [-0.4, -0.2) is 22.9 Å². The minimum Gasteiger partial charge on any atom is -0.481 e. The smallest absolute Gasteiger partial charge is 0.307 e. The standard InChI is InChI=1S/C16H18N2O4/c1-10(19)17-11-6-8-12(9-7-11)18-15(20)13-4-2-3-5-14(13)16(21)22/h2-3,6-9,13-14H,4-5H2,1H3,(H,17,19)(H,18,20)(H,21,22)/t13-,14-/m1/s1. The summed E-state index contributed by atoms with van der Waals surface area (Å²) in [7, 11) is 0. The second-order valence-electron chi connectivity index (χ2n) is 5.24. The number of carboxylic acid groups (broad SMARTS) is 1. The van der Waals surface area contributed by atoms with Crippen LogP contribution in [-0.2, 0) is 14.4 Å². The SMILES string of the molecule is CC(=O)Nc1ccc(NC(=O)[C@@H]2CC=CC[C@H]2C(=O)O)cc1. The molecule has 0 aliphatic heterocycles. The molecule has 1 aromatic carbocycles. The summed E-state index contributed by atoms with van der Waals surface area (Å²) in [6.45, 7) is 1.42. The molecule has 0 spiro atoms. The summed E-state index contributed by atoms with van der Waals surface area (Å²) in [4.78, 5) is 34.4. The van der Waals surface area contributed by atoms with Gasteiger partial charge >= 0.3 is 5.97 Å². The molecule has 22 heavy (non-hydrogen) atoms. The van der Waals surface area contributed by atoms with E-state index in [1.54, 1.807) is 30.3 Å². The molecule has 0 aromatic heterocycles. The largest absolute Gasteiger partial charge is 0.481 e. The van der Waals surface area contributed by atoms with Crippen molar-refractivity contribution in [2.45, 2.75) is 19.8 Å². The zero-order chi connectivity index (χ0) is 16.1. The molecule has 6 nitrogen and oxygen atoms in total. The minimum atomic E-state index is -0.953. The Kier molecular flexibility index (Phi) is 4.93. The molecule has 1 aromatic rings. The maximum absolute atomic E-state index is 12.3. The molecule has 0 fully saturated rings. The fourth-order valence-electron chi connectivity index (χ4n) is 2.45. The molecule has 0 saturated heterocycles. The third-order valence-corrected chi connectivity index (χ3v) is 3.56. The zero-order valence-corrected chi connectivity index (χ0v) is 12.2. The number of aliphatic carboxylic acids is 1. The predicted octanol–water partition coefficient (Wildman–Crippen LogP) is 2.25. The summed E-state index contributed by atoms with van der Waals surface area (Å²) < 4.78 is 0. The number of amides is 2. The van der Waals surface area contributed by atoms with Crippen molar-refractivity contribution in [3.63, 3.8) is 0 Å². The number of hydrogen-bond donors (Lipinski definition) is 3. The van der Waals surface area contributed by atoms with Crippen LogP contribution in [0.1, 0.15) is 19.8 Å². The Labute approximate surface area is 128 Å². The highest BCUT2D eigenvalue weighted by Gasteiger charge is 2.33. The molecular formula is C16H18N2O4. The molecular weight excluding hydrogens is 284 g/mol. The first kappa shape index (κ1) is 15.8. The fourth-order valence-corrected chi connectivity index (χ4v) is 2.45. The quantitative estimate of drug-likeness (QED) is 0.743. The van der Waals surface area contributed by atoms with Crippen LogP contribution < -0.4 is 10.6 Å². The van der Waals surface area contributed by atoms with Gasteiger partial charge in [0.2, 0.25) is 11.8 Å². The summed E-state index contributed by atoms with van der Waals surface area (Å²) >= 11 is 0. The molecule has 116 valence electrons. The Balaban J connectivity index is 2.03. The van der Waals surface area contributed by atoms with Gasteiger partial charge in [-0.05, 0) is 37.1 Å². The van der Waals surface area contributed by atoms with E-state index in [2.05, 4.69) is 10.6 Å². The number of nitrogens with one attached hydrogen (secondary N) is 2. The Morgan fingerprint density at radius 3 is 1.95 bits per heavy atom. The van der Waals surface area contributed by atoms with E-state index in [9.17, 15) is 19.5 Å². The van der Waals surface area contributed by atoms with Crippen LogP contribution in [0.2, 0.25) is 0 Å². The third-order valence-electron chi connectivity index (χ3n) is 3.56. The van der Waals surface area contributed by atoms with E-state index in [0.29, 0.717) is 24.2 Å². The minimum absolute atomic E-state index is 0.171. The Morgan fingerprint density at radius 2 is 1.45 bits per heavy atom. The van der Waals surface area contributed by atoms with Crippen molar-refractivity contribution in [1.82, 2.24) is 0 Å². The summed E-state index contributed by atoms with van der Waals surface area (Å²) in [5.41, 5.74) is 1.20. The first-order valence-corrected chi connectivity index (χ1v) is 7.03. The topological polar surface area (TPSA) is 95.5 Å². The van der Waals surface area contributed by atoms with Crippen LogP contribution in [0.4, 0.5) is 11.4 Å². The van der Waals surface area contributed by atoms with Crippen LogP contribution in [0, 0.1) is 11.8 Å². The second-order valence-corrected chi connectivity index (χ2v) is 5.24. The molecule has 0 heterocycles. The second kappa shape index (κ2) is 6.89. The lowest BCUT2D eigenvalue weighted by Crippen LogP contribution is -2.34. The summed E-state index contributed by atoms with van der Waals surface area (Å²) in [5.74, 6) is -2.69. The van der Waals surface area contributed by atoms with Gasteiger partial charge in [0.25, 0.3) is 0 Å². The number of rotatable bonds is 4. The summed E-state index contributed by atoms with van der Waals surface area (Å²) in [6.07, 6.45) is 4.43. The van der Waals surface area contributed by atoms with E-state index in [1.807, 2.05) is 6.08 Å². The Morgan fingerprint density at radius 1 is 0.955 bits per heavy atom. The van der Waals surface area contributed by atoms with E-state index in [4.69, 9.17) is 0 Å². The first-order chi connectivity index (χ1) is 10.5. The molecule has 0 bridgehead atoms. The summed E-state index contributed by atoms with van der Waals surface area (Å²) in [5, 5.41) is 14.6. The van der Waals surface area contributed by atoms with Crippen molar-refractivity contribution in [2.75, 3.05) is 10.6 Å². The first-order valence-electron chi connectivity index (χ1n) is 7.03. The van der Waals surface area contributed by atoms with E-state index in [0.717, 1.165) is 0 Å². The van der Waals surface area contributed by atoms with E-state index in [-0.39, 0.29) is 11.8 Å². The highest BCUT2D eigenvalue weighted by molar-refractivity contribution is 5.96. The van der Waals surface area contributed by atoms with Gasteiger partial charge < -0.3 is 15.7 Å². The number of carbonyl (C=O) groups excluding carboxylic acids is 2. The van der Waals surface area contributed by atoms with Gasteiger partial charge in [0.15, 0.2) is 0 Å². The van der Waals surface area contributed by atoms with Crippen LogP contribution in [0.25, 0.3) is 0 Å². The van der Waals surface area contributed by atoms with Crippen molar-refractivity contribution >= 4 is 29.2 Å². The van der Waals surface area contributed by atoms with E-state index in [1.165, 1.54) is 6.92 Å². The number of hydrogen-bond acceptors (Lipinski definition) is 3. The molecule has 2 rings (SSSR count). The average Bonchev–Trinajstić information content (AvgIpc) is 2.48. The van der Waals surface area contributed by atoms with Gasteiger partial charge in [-0.2, -0.15) is 0 Å². The van der Waals surface area contributed by atoms with Gasteiger partial charge in [0, 0.05) is 18.3 Å². The molecule has 0 unspecified atom stereocenters. The zero-order valence-electron chi connectivity index (χ0n) is 12.2. The highest BCUT2D eigenvalue weighted by Crippen LogP contribution is 2.27. The van der Waals surface area contributed by atoms with E-state index < -0.39 is 17.8 Å². The lowest BCUT2D eigenvalue weighted by molar-refractivity contribution is -0.146. The monoisotopic (exact) mass is 302 g/mol. The normalized spacial score (nSPS) is 20.2. The molecule has 0 radical (unpaired) electrons. The Hall–Kier alpha value is -2.63. The third kappa shape index (κ3) is 3.94. The van der Waals surface area contributed by atoms with Crippen LogP contribution in [0.3, 0.4) is 0 Å². The molecule has 3 N–H and O–H groups in total. The number of carboxylic acids is 1. The lowest BCUT2D eigenvalue weighted by Gasteiger charge is -2.24. The van der Waals surface area contributed by atoms with Crippen molar-refractivity contribution in [1.29, 1.82) is 0 Å². The molecule has 6 heteroatoms. The van der Waals surface area contributed by atoms with Crippen molar-refractivity contribution < 1.29 is 19.5 Å². The summed E-state index contributed by atoms with van der Waals surface area (Å²) in [6, 6.07) is 6.67. The van der Waals surface area contributed by atoms with Gasteiger partial charge in [-0.3, -0.25) is 14.4 Å². The lowest BCUT2D eigenvalue weighted by atomic mass is 9.82. The van der Waals surface area contributed by atoms with E-state index >= 15 is 0 Å². The van der Waals surface area contributed by atoms with Crippen LogP contribution in [0.5, 0.6) is 0 Å².